The van der Waals surface area contributed by atoms with Gasteiger partial charge in [-0.05, 0) is 32.2 Å². The summed E-state index contributed by atoms with van der Waals surface area (Å²) in [5, 5.41) is 9.67. The maximum absolute atomic E-state index is 12.2. The standard InChI is InChI=1S/C11H20N4O2S/c1-7-4-9(7)5-13-18(16,17)11-8(2)14-15-10(11)6-12-3/h7,9,12-13H,4-6H2,1-3H3,(H,14,15). The molecule has 0 aliphatic heterocycles. The molecule has 0 bridgehead atoms. The summed E-state index contributed by atoms with van der Waals surface area (Å²) in [6.07, 6.45) is 1.11. The number of aromatic nitrogens is 2. The Hall–Kier alpha value is -0.920. The minimum absolute atomic E-state index is 0.283. The smallest absolute Gasteiger partial charge is 0.244 e. The lowest BCUT2D eigenvalue weighted by molar-refractivity contribution is 0.572. The molecule has 1 aromatic heterocycles. The van der Waals surface area contributed by atoms with Crippen molar-refractivity contribution in [2.45, 2.75) is 31.7 Å². The van der Waals surface area contributed by atoms with Gasteiger partial charge in [0.2, 0.25) is 10.0 Å². The minimum atomic E-state index is -3.46. The fraction of sp³-hybridized carbons (Fsp3) is 0.727. The molecule has 6 nitrogen and oxygen atoms in total. The molecule has 102 valence electrons. The SMILES string of the molecule is CNCc1n[nH]c(C)c1S(=O)(=O)NCC1CC1C. The van der Waals surface area contributed by atoms with E-state index in [-0.39, 0.29) is 4.90 Å². The Balaban J connectivity index is 2.15. The highest BCUT2D eigenvalue weighted by atomic mass is 32.2. The second-order valence-electron chi connectivity index (χ2n) is 4.98. The van der Waals surface area contributed by atoms with Crippen LogP contribution in [0.4, 0.5) is 0 Å². The Bertz CT molecular complexity index is 523. The molecule has 7 heteroatoms. The molecule has 2 unspecified atom stereocenters. The third kappa shape index (κ3) is 2.73. The number of hydrogen-bond acceptors (Lipinski definition) is 4. The highest BCUT2D eigenvalue weighted by Crippen LogP contribution is 2.37. The molecule has 1 heterocycles. The molecule has 2 rings (SSSR count). The van der Waals surface area contributed by atoms with Crippen LogP contribution >= 0.6 is 0 Å². The third-order valence-corrected chi connectivity index (χ3v) is 5.01. The predicted octanol–water partition coefficient (Wildman–Crippen LogP) is 0.372. The van der Waals surface area contributed by atoms with Crippen molar-refractivity contribution in [2.24, 2.45) is 11.8 Å². The first kappa shape index (κ1) is 13.5. The van der Waals surface area contributed by atoms with Gasteiger partial charge in [-0.3, -0.25) is 5.10 Å². The van der Waals surface area contributed by atoms with Crippen LogP contribution in [0.3, 0.4) is 0 Å². The number of hydrogen-bond donors (Lipinski definition) is 3. The summed E-state index contributed by atoms with van der Waals surface area (Å²) in [5.74, 6) is 1.12. The Morgan fingerprint density at radius 1 is 1.50 bits per heavy atom. The summed E-state index contributed by atoms with van der Waals surface area (Å²) < 4.78 is 27.2. The van der Waals surface area contributed by atoms with Crippen LogP contribution in [0.25, 0.3) is 0 Å². The zero-order valence-electron chi connectivity index (χ0n) is 10.9. The van der Waals surface area contributed by atoms with Crippen LogP contribution in [0, 0.1) is 18.8 Å². The number of nitrogens with zero attached hydrogens (tertiary/aromatic N) is 1. The van der Waals surface area contributed by atoms with Gasteiger partial charge < -0.3 is 5.32 Å². The monoisotopic (exact) mass is 272 g/mol. The van der Waals surface area contributed by atoms with Crippen molar-refractivity contribution in [3.8, 4) is 0 Å². The quantitative estimate of drug-likeness (QED) is 0.698. The van der Waals surface area contributed by atoms with Crippen molar-refractivity contribution in [1.82, 2.24) is 20.2 Å². The van der Waals surface area contributed by atoms with E-state index in [0.29, 0.717) is 36.3 Å². The first-order valence-corrected chi connectivity index (χ1v) is 7.62. The second kappa shape index (κ2) is 4.99. The van der Waals surface area contributed by atoms with Crippen LogP contribution in [-0.4, -0.2) is 32.2 Å². The van der Waals surface area contributed by atoms with Gasteiger partial charge in [0.15, 0.2) is 0 Å². The Morgan fingerprint density at radius 3 is 2.72 bits per heavy atom. The van der Waals surface area contributed by atoms with Gasteiger partial charge >= 0.3 is 0 Å². The van der Waals surface area contributed by atoms with E-state index in [4.69, 9.17) is 0 Å². The number of H-pyrrole nitrogens is 1. The van der Waals surface area contributed by atoms with Gasteiger partial charge in [0.1, 0.15) is 4.90 Å². The van der Waals surface area contributed by atoms with Crippen molar-refractivity contribution < 1.29 is 8.42 Å². The molecule has 0 amide bonds. The second-order valence-corrected chi connectivity index (χ2v) is 6.68. The van der Waals surface area contributed by atoms with Crippen LogP contribution in [0.5, 0.6) is 0 Å². The highest BCUT2D eigenvalue weighted by molar-refractivity contribution is 7.89. The number of rotatable bonds is 6. The van der Waals surface area contributed by atoms with Gasteiger partial charge in [-0.25, -0.2) is 13.1 Å². The summed E-state index contributed by atoms with van der Waals surface area (Å²) >= 11 is 0. The summed E-state index contributed by atoms with van der Waals surface area (Å²) in [7, 11) is -1.70. The molecule has 1 saturated carbocycles. The van der Waals surface area contributed by atoms with Gasteiger partial charge in [-0.1, -0.05) is 6.92 Å². The maximum Gasteiger partial charge on any atom is 0.244 e. The highest BCUT2D eigenvalue weighted by Gasteiger charge is 2.34. The van der Waals surface area contributed by atoms with Crippen molar-refractivity contribution >= 4 is 10.0 Å². The van der Waals surface area contributed by atoms with Crippen LogP contribution in [0.2, 0.25) is 0 Å². The molecule has 18 heavy (non-hydrogen) atoms. The molecular formula is C11H20N4O2S. The van der Waals surface area contributed by atoms with E-state index >= 15 is 0 Å². The predicted molar refractivity (Wildman–Crippen MR) is 68.5 cm³/mol. The zero-order valence-corrected chi connectivity index (χ0v) is 11.8. The minimum Gasteiger partial charge on any atom is -0.314 e. The number of aryl methyl sites for hydroxylation is 1. The average molecular weight is 272 g/mol. The van der Waals surface area contributed by atoms with Crippen LogP contribution < -0.4 is 10.0 Å². The lowest BCUT2D eigenvalue weighted by Gasteiger charge is -2.07. The van der Waals surface area contributed by atoms with Crippen molar-refractivity contribution in [1.29, 1.82) is 0 Å². The molecule has 3 N–H and O–H groups in total. The summed E-state index contributed by atoms with van der Waals surface area (Å²) in [5.41, 5.74) is 1.11. The Kier molecular flexibility index (Phi) is 3.74. The van der Waals surface area contributed by atoms with E-state index in [1.165, 1.54) is 0 Å². The average Bonchev–Trinajstić information content (AvgIpc) is 2.87. The number of sulfonamides is 1. The van der Waals surface area contributed by atoms with Gasteiger partial charge in [0.25, 0.3) is 0 Å². The van der Waals surface area contributed by atoms with Crippen molar-refractivity contribution in [3.63, 3.8) is 0 Å². The van der Waals surface area contributed by atoms with Crippen LogP contribution in [0.1, 0.15) is 24.7 Å². The molecule has 0 aromatic carbocycles. The van der Waals surface area contributed by atoms with E-state index in [1.54, 1.807) is 14.0 Å². The molecule has 0 radical (unpaired) electrons. The number of aromatic amines is 1. The molecule has 1 aliphatic carbocycles. The molecule has 1 aliphatic rings. The zero-order chi connectivity index (χ0) is 13.3. The van der Waals surface area contributed by atoms with E-state index < -0.39 is 10.0 Å². The first-order valence-electron chi connectivity index (χ1n) is 6.13. The fourth-order valence-electron chi connectivity index (χ4n) is 2.09. The number of nitrogens with one attached hydrogen (secondary N) is 3. The summed E-state index contributed by atoms with van der Waals surface area (Å²) in [4.78, 5) is 0.283. The lowest BCUT2D eigenvalue weighted by Crippen LogP contribution is -2.27. The Labute approximate surface area is 108 Å². The largest absolute Gasteiger partial charge is 0.314 e. The molecule has 2 atom stereocenters. The summed E-state index contributed by atoms with van der Waals surface area (Å²) in [6.45, 7) is 4.81. The van der Waals surface area contributed by atoms with E-state index in [9.17, 15) is 8.42 Å². The van der Waals surface area contributed by atoms with E-state index in [0.717, 1.165) is 6.42 Å². The molecule has 0 saturated heterocycles. The Morgan fingerprint density at radius 2 is 2.17 bits per heavy atom. The molecule has 1 aromatic rings. The molecular weight excluding hydrogens is 252 g/mol. The third-order valence-electron chi connectivity index (χ3n) is 3.39. The van der Waals surface area contributed by atoms with Crippen LogP contribution in [0.15, 0.2) is 4.90 Å². The topological polar surface area (TPSA) is 86.9 Å². The first-order chi connectivity index (χ1) is 8.45. The van der Waals surface area contributed by atoms with Crippen molar-refractivity contribution in [3.05, 3.63) is 11.4 Å². The molecule has 1 fully saturated rings. The van der Waals surface area contributed by atoms with Gasteiger partial charge in [-0.15, -0.1) is 0 Å². The molecule has 0 spiro atoms. The van der Waals surface area contributed by atoms with E-state index in [1.807, 2.05) is 0 Å². The van der Waals surface area contributed by atoms with E-state index in [2.05, 4.69) is 27.2 Å². The van der Waals surface area contributed by atoms with Gasteiger partial charge in [-0.2, -0.15) is 5.10 Å². The normalized spacial score (nSPS) is 23.3. The van der Waals surface area contributed by atoms with Gasteiger partial charge in [0.05, 0.1) is 11.4 Å². The maximum atomic E-state index is 12.2. The van der Waals surface area contributed by atoms with Gasteiger partial charge in [0, 0.05) is 13.1 Å². The lowest BCUT2D eigenvalue weighted by atomic mass is 10.3. The fourth-order valence-corrected chi connectivity index (χ4v) is 3.54. The van der Waals surface area contributed by atoms with Crippen LogP contribution in [-0.2, 0) is 16.6 Å². The van der Waals surface area contributed by atoms with Crippen molar-refractivity contribution in [2.75, 3.05) is 13.6 Å². The summed E-state index contributed by atoms with van der Waals surface area (Å²) in [6, 6.07) is 0.